The summed E-state index contributed by atoms with van der Waals surface area (Å²) < 4.78 is 71.3. The third kappa shape index (κ3) is 2.21. The lowest BCUT2D eigenvalue weighted by atomic mass is 9.78. The smallest absolute Gasteiger partial charge is 0.411 e. The predicted octanol–water partition coefficient (Wildman–Crippen LogP) is 3.14. The fourth-order valence-corrected chi connectivity index (χ4v) is 2.75. The number of methoxy groups -OCH3 is 1. The predicted molar refractivity (Wildman–Crippen MR) is 67.4 cm³/mol. The number of carbonyl (C=O) groups excluding carboxylic acids is 1. The molecule has 1 aliphatic heterocycles. The maximum atomic E-state index is 13.7. The van der Waals surface area contributed by atoms with E-state index in [-0.39, 0.29) is 5.56 Å². The third-order valence-corrected chi connectivity index (χ3v) is 4.28. The van der Waals surface area contributed by atoms with Crippen molar-refractivity contribution in [1.29, 1.82) is 0 Å². The van der Waals surface area contributed by atoms with Gasteiger partial charge in [0.1, 0.15) is 5.54 Å². The van der Waals surface area contributed by atoms with Gasteiger partial charge in [0.05, 0.1) is 13.0 Å². The number of nitrogens with one attached hydrogen (secondary N) is 1. The summed E-state index contributed by atoms with van der Waals surface area (Å²) in [5.41, 5.74) is -2.57. The van der Waals surface area contributed by atoms with Crippen LogP contribution in [0.2, 0.25) is 0 Å². The Morgan fingerprint density at radius 1 is 1.27 bits per heavy atom. The topological polar surface area (TPSA) is 38.3 Å². The van der Waals surface area contributed by atoms with E-state index in [1.54, 1.807) is 0 Å². The monoisotopic (exact) mass is 323 g/mol. The number of halogens is 5. The van der Waals surface area contributed by atoms with Crippen LogP contribution in [0.15, 0.2) is 12.1 Å². The molecule has 0 aliphatic carbocycles. The number of hydrogen-bond donors (Lipinski definition) is 1. The van der Waals surface area contributed by atoms with E-state index in [4.69, 9.17) is 4.74 Å². The molecule has 2 rings (SSSR count). The van der Waals surface area contributed by atoms with Crippen molar-refractivity contribution in [1.82, 2.24) is 5.32 Å². The minimum atomic E-state index is -4.68. The summed E-state index contributed by atoms with van der Waals surface area (Å²) in [6.45, 7) is 2.10. The first kappa shape index (κ1) is 16.5. The molecule has 1 aromatic rings. The average Bonchev–Trinajstić information content (AvgIpc) is 2.64. The molecule has 3 nitrogen and oxygen atoms in total. The molecule has 1 N–H and O–H groups in total. The zero-order valence-corrected chi connectivity index (χ0v) is 12.0. The molecule has 122 valence electrons. The molecule has 8 heteroatoms. The van der Waals surface area contributed by atoms with Gasteiger partial charge in [-0.2, -0.15) is 17.6 Å². The molecule has 0 saturated carbocycles. The molecule has 0 radical (unpaired) electrons. The molecule has 22 heavy (non-hydrogen) atoms. The zero-order chi connectivity index (χ0) is 16.9. The maximum absolute atomic E-state index is 13.7. The van der Waals surface area contributed by atoms with E-state index in [0.29, 0.717) is 0 Å². The van der Waals surface area contributed by atoms with Crippen molar-refractivity contribution >= 4 is 5.91 Å². The van der Waals surface area contributed by atoms with Gasteiger partial charge < -0.3 is 10.1 Å². The van der Waals surface area contributed by atoms with E-state index in [1.165, 1.54) is 6.92 Å². The van der Waals surface area contributed by atoms with Gasteiger partial charge in [-0.1, -0.05) is 13.0 Å². The highest BCUT2D eigenvalue weighted by Gasteiger charge is 2.63. The Kier molecular flexibility index (Phi) is 3.83. The van der Waals surface area contributed by atoms with Crippen LogP contribution in [0.3, 0.4) is 0 Å². The number of benzene rings is 1. The van der Waals surface area contributed by atoms with E-state index in [1.807, 2.05) is 5.32 Å². The second-order valence-electron chi connectivity index (χ2n) is 5.44. The first-order chi connectivity index (χ1) is 10.0. The van der Waals surface area contributed by atoms with Crippen molar-refractivity contribution in [3.63, 3.8) is 0 Å². The van der Waals surface area contributed by atoms with Gasteiger partial charge in [0.25, 0.3) is 0 Å². The van der Waals surface area contributed by atoms with Gasteiger partial charge in [0.2, 0.25) is 11.7 Å². The maximum Gasteiger partial charge on any atom is 0.411 e. The molecule has 3 atom stereocenters. The SMILES string of the molecule is COc1c(C2C(=O)N[C@@](C)(C(F)(F)F)[C@H]2C)ccc(F)c1F. The van der Waals surface area contributed by atoms with Crippen LogP contribution in [0.5, 0.6) is 5.75 Å². The van der Waals surface area contributed by atoms with Gasteiger partial charge in [-0.15, -0.1) is 0 Å². The molecular weight excluding hydrogens is 309 g/mol. The standard InChI is InChI=1S/C14H14F5NO2/c1-6-9(12(21)20-13(6,2)14(17,18)19)7-4-5-8(15)10(16)11(7)22-3/h4-6,9H,1-3H3,(H,20,21)/t6-,9?,13+/m0/s1. The molecule has 0 bridgehead atoms. The summed E-state index contributed by atoms with van der Waals surface area (Å²) in [6.07, 6.45) is -4.68. The van der Waals surface area contributed by atoms with Crippen molar-refractivity contribution in [3.8, 4) is 5.75 Å². The number of alkyl halides is 3. The van der Waals surface area contributed by atoms with Crippen LogP contribution in [0.1, 0.15) is 25.3 Å². The summed E-state index contributed by atoms with van der Waals surface area (Å²) in [4.78, 5) is 12.0. The Balaban J connectivity index is 2.55. The van der Waals surface area contributed by atoms with Crippen molar-refractivity contribution < 1.29 is 31.5 Å². The molecule has 1 aliphatic rings. The molecular formula is C14H14F5NO2. The summed E-state index contributed by atoms with van der Waals surface area (Å²) in [5, 5.41) is 1.92. The summed E-state index contributed by atoms with van der Waals surface area (Å²) in [5.74, 6) is -6.52. The van der Waals surface area contributed by atoms with Crippen LogP contribution in [0.4, 0.5) is 22.0 Å². The lowest BCUT2D eigenvalue weighted by Crippen LogP contribution is -2.54. The number of amides is 1. The Labute approximate surface area is 123 Å². The second-order valence-corrected chi connectivity index (χ2v) is 5.44. The van der Waals surface area contributed by atoms with Gasteiger partial charge in [0.15, 0.2) is 11.6 Å². The Morgan fingerprint density at radius 3 is 2.32 bits per heavy atom. The fraction of sp³-hybridized carbons (Fsp3) is 0.500. The second kappa shape index (κ2) is 5.10. The van der Waals surface area contributed by atoms with E-state index in [2.05, 4.69) is 0 Å². The quantitative estimate of drug-likeness (QED) is 0.849. The highest BCUT2D eigenvalue weighted by atomic mass is 19.4. The Hall–Kier alpha value is -1.86. The van der Waals surface area contributed by atoms with Crippen LogP contribution in [-0.4, -0.2) is 24.7 Å². The van der Waals surface area contributed by atoms with E-state index in [9.17, 15) is 26.7 Å². The number of carbonyl (C=O) groups is 1. The van der Waals surface area contributed by atoms with E-state index >= 15 is 0 Å². The summed E-state index contributed by atoms with van der Waals surface area (Å²) in [7, 11) is 1.06. The first-order valence-corrected chi connectivity index (χ1v) is 6.45. The molecule has 1 unspecified atom stereocenters. The van der Waals surface area contributed by atoms with Crippen molar-refractivity contribution in [2.75, 3.05) is 7.11 Å². The van der Waals surface area contributed by atoms with Crippen LogP contribution in [-0.2, 0) is 4.79 Å². The molecule has 1 amide bonds. The van der Waals surface area contributed by atoms with Crippen LogP contribution >= 0.6 is 0 Å². The zero-order valence-electron chi connectivity index (χ0n) is 12.0. The van der Waals surface area contributed by atoms with Crippen LogP contribution in [0.25, 0.3) is 0 Å². The normalized spacial score (nSPS) is 28.6. The fourth-order valence-electron chi connectivity index (χ4n) is 2.75. The van der Waals surface area contributed by atoms with Gasteiger partial charge in [-0.3, -0.25) is 4.79 Å². The molecule has 0 aromatic heterocycles. The van der Waals surface area contributed by atoms with Gasteiger partial charge in [-0.25, -0.2) is 4.39 Å². The third-order valence-electron chi connectivity index (χ3n) is 4.28. The summed E-state index contributed by atoms with van der Waals surface area (Å²) >= 11 is 0. The number of ether oxygens (including phenoxy) is 1. The van der Waals surface area contributed by atoms with E-state index in [0.717, 1.165) is 26.2 Å². The van der Waals surface area contributed by atoms with Crippen LogP contribution in [0, 0.1) is 17.6 Å². The molecule has 1 aromatic carbocycles. The summed E-state index contributed by atoms with van der Waals surface area (Å²) in [6, 6.07) is 1.83. The molecule has 1 fully saturated rings. The molecule has 1 saturated heterocycles. The van der Waals surface area contributed by atoms with Gasteiger partial charge >= 0.3 is 6.18 Å². The van der Waals surface area contributed by atoms with Crippen LogP contribution < -0.4 is 10.1 Å². The largest absolute Gasteiger partial charge is 0.493 e. The average molecular weight is 323 g/mol. The minimum Gasteiger partial charge on any atom is -0.493 e. The molecule has 1 heterocycles. The van der Waals surface area contributed by atoms with Gasteiger partial charge in [0, 0.05) is 11.5 Å². The lowest BCUT2D eigenvalue weighted by molar-refractivity contribution is -0.198. The van der Waals surface area contributed by atoms with Gasteiger partial charge in [-0.05, 0) is 13.0 Å². The number of rotatable bonds is 2. The number of hydrogen-bond acceptors (Lipinski definition) is 2. The highest BCUT2D eigenvalue weighted by molar-refractivity contribution is 5.88. The Morgan fingerprint density at radius 2 is 1.86 bits per heavy atom. The lowest BCUT2D eigenvalue weighted by Gasteiger charge is -2.32. The molecule has 0 spiro atoms. The first-order valence-electron chi connectivity index (χ1n) is 6.45. The minimum absolute atomic E-state index is 0.112. The Bertz CT molecular complexity index is 616. The van der Waals surface area contributed by atoms with Crippen molar-refractivity contribution in [3.05, 3.63) is 29.3 Å². The van der Waals surface area contributed by atoms with E-state index < -0.39 is 46.8 Å². The highest BCUT2D eigenvalue weighted by Crippen LogP contribution is 2.49. The van der Waals surface area contributed by atoms with Crippen molar-refractivity contribution in [2.45, 2.75) is 31.5 Å². The van der Waals surface area contributed by atoms with Crippen molar-refractivity contribution in [2.24, 2.45) is 5.92 Å².